The highest BCUT2D eigenvalue weighted by atomic mass is 19.1. The number of nitrogens with one attached hydrogen (secondary N) is 1. The maximum Gasteiger partial charge on any atom is 0.306 e. The molecule has 6 heteroatoms. The van der Waals surface area contributed by atoms with Crippen LogP contribution >= 0.6 is 0 Å². The zero-order valence-electron chi connectivity index (χ0n) is 14.4. The van der Waals surface area contributed by atoms with E-state index in [0.29, 0.717) is 6.42 Å². The number of carbonyl (C=O) groups excluding carboxylic acids is 1. The molecule has 0 atom stereocenters. The highest BCUT2D eigenvalue weighted by molar-refractivity contribution is 5.90. The zero-order valence-corrected chi connectivity index (χ0v) is 14.4. The lowest BCUT2D eigenvalue weighted by atomic mass is 10.1. The van der Waals surface area contributed by atoms with Gasteiger partial charge in [0.25, 0.3) is 0 Å². The monoisotopic (exact) mass is 338 g/mol. The van der Waals surface area contributed by atoms with E-state index in [-0.39, 0.29) is 11.6 Å². The summed E-state index contributed by atoms with van der Waals surface area (Å²) < 4.78 is 13.2. The molecule has 0 bridgehead atoms. The maximum atomic E-state index is 13.2. The van der Waals surface area contributed by atoms with Crippen LogP contribution in [0.3, 0.4) is 0 Å². The minimum absolute atomic E-state index is 0.196. The van der Waals surface area contributed by atoms with Crippen molar-refractivity contribution in [3.8, 4) is 0 Å². The van der Waals surface area contributed by atoms with Crippen molar-refractivity contribution in [3.05, 3.63) is 34.1 Å². The third-order valence-corrected chi connectivity index (χ3v) is 3.93. The summed E-state index contributed by atoms with van der Waals surface area (Å²) in [6.07, 6.45) is 10.9. The second-order valence-electron chi connectivity index (χ2n) is 6.05. The smallest absolute Gasteiger partial charge is 0.306 e. The Bertz CT molecular complexity index is 535. The summed E-state index contributed by atoms with van der Waals surface area (Å²) in [6.45, 7) is 2.20. The van der Waals surface area contributed by atoms with Gasteiger partial charge in [0.1, 0.15) is 0 Å². The maximum absolute atomic E-state index is 13.2. The highest BCUT2D eigenvalue weighted by Gasteiger charge is 2.15. The van der Waals surface area contributed by atoms with E-state index in [0.717, 1.165) is 31.4 Å². The van der Waals surface area contributed by atoms with Crippen LogP contribution in [0.2, 0.25) is 0 Å². The predicted octanol–water partition coefficient (Wildman–Crippen LogP) is 5.59. The van der Waals surface area contributed by atoms with Crippen LogP contribution in [0.15, 0.2) is 18.2 Å². The summed E-state index contributed by atoms with van der Waals surface area (Å²) >= 11 is 0. The van der Waals surface area contributed by atoms with E-state index in [2.05, 4.69) is 12.2 Å². The average Bonchev–Trinajstić information content (AvgIpc) is 2.55. The Morgan fingerprint density at radius 2 is 1.67 bits per heavy atom. The van der Waals surface area contributed by atoms with Gasteiger partial charge in [-0.05, 0) is 18.6 Å². The minimum atomic E-state index is -0.906. The van der Waals surface area contributed by atoms with Crippen LogP contribution in [0, 0.1) is 15.9 Å². The van der Waals surface area contributed by atoms with E-state index < -0.39 is 16.4 Å². The molecule has 134 valence electrons. The molecule has 1 N–H and O–H groups in total. The van der Waals surface area contributed by atoms with E-state index in [1.54, 1.807) is 0 Å². The molecular formula is C18H27FN2O3. The first-order chi connectivity index (χ1) is 11.5. The summed E-state index contributed by atoms with van der Waals surface area (Å²) in [5.74, 6) is -1.10. The molecule has 0 aliphatic rings. The predicted molar refractivity (Wildman–Crippen MR) is 93.5 cm³/mol. The van der Waals surface area contributed by atoms with E-state index >= 15 is 0 Å². The molecule has 0 saturated heterocycles. The average molecular weight is 338 g/mol. The van der Waals surface area contributed by atoms with Crippen molar-refractivity contribution in [1.82, 2.24) is 0 Å². The van der Waals surface area contributed by atoms with Gasteiger partial charge in [0, 0.05) is 18.2 Å². The number of nitro benzene ring substituents is 1. The van der Waals surface area contributed by atoms with Crippen LogP contribution < -0.4 is 5.32 Å². The standard InChI is InChI=1S/C18H27FN2O3/c1-2-3-4-5-6-7-8-9-10-11-18(22)20-15-12-13-16(19)17(14-15)21(23)24/h12-14H,2-11H2,1H3,(H,20,22). The summed E-state index contributed by atoms with van der Waals surface area (Å²) in [5.41, 5.74) is -0.375. The Kier molecular flexibility index (Phi) is 9.65. The van der Waals surface area contributed by atoms with Gasteiger partial charge in [0.15, 0.2) is 0 Å². The number of hydrogen-bond donors (Lipinski definition) is 1. The number of amides is 1. The van der Waals surface area contributed by atoms with Gasteiger partial charge in [-0.1, -0.05) is 58.3 Å². The van der Waals surface area contributed by atoms with Crippen molar-refractivity contribution < 1.29 is 14.1 Å². The van der Waals surface area contributed by atoms with Crippen LogP contribution in [0.1, 0.15) is 71.1 Å². The lowest BCUT2D eigenvalue weighted by molar-refractivity contribution is -0.387. The molecule has 1 rings (SSSR count). The molecule has 0 fully saturated rings. The Hall–Kier alpha value is -1.98. The summed E-state index contributed by atoms with van der Waals surface area (Å²) in [7, 11) is 0. The van der Waals surface area contributed by atoms with Gasteiger partial charge >= 0.3 is 5.69 Å². The van der Waals surface area contributed by atoms with Gasteiger partial charge in [-0.25, -0.2) is 0 Å². The molecule has 1 aromatic carbocycles. The second-order valence-corrected chi connectivity index (χ2v) is 6.05. The number of nitro groups is 1. The molecule has 24 heavy (non-hydrogen) atoms. The van der Waals surface area contributed by atoms with Crippen LogP contribution in [0.25, 0.3) is 0 Å². The van der Waals surface area contributed by atoms with Gasteiger partial charge in [0.05, 0.1) is 4.92 Å². The topological polar surface area (TPSA) is 72.2 Å². The van der Waals surface area contributed by atoms with E-state index in [4.69, 9.17) is 0 Å². The molecule has 5 nitrogen and oxygen atoms in total. The lowest BCUT2D eigenvalue weighted by Crippen LogP contribution is -2.11. The third-order valence-electron chi connectivity index (χ3n) is 3.93. The van der Waals surface area contributed by atoms with Gasteiger partial charge < -0.3 is 5.32 Å². The fourth-order valence-electron chi connectivity index (χ4n) is 2.55. The van der Waals surface area contributed by atoms with Crippen LogP contribution in [0.4, 0.5) is 15.8 Å². The normalized spacial score (nSPS) is 10.6. The zero-order chi connectivity index (χ0) is 17.8. The third kappa shape index (κ3) is 8.04. The van der Waals surface area contributed by atoms with E-state index in [1.807, 2.05) is 0 Å². The van der Waals surface area contributed by atoms with Crippen LogP contribution in [-0.2, 0) is 4.79 Å². The van der Waals surface area contributed by atoms with Crippen molar-refractivity contribution in [3.63, 3.8) is 0 Å². The number of rotatable bonds is 12. The molecule has 1 aromatic rings. The molecule has 0 saturated carbocycles. The Labute approximate surface area is 142 Å². The lowest BCUT2D eigenvalue weighted by Gasteiger charge is -2.06. The van der Waals surface area contributed by atoms with Gasteiger partial charge in [-0.3, -0.25) is 14.9 Å². The Morgan fingerprint density at radius 1 is 1.08 bits per heavy atom. The molecule has 0 aromatic heterocycles. The first-order valence-corrected chi connectivity index (χ1v) is 8.78. The van der Waals surface area contributed by atoms with E-state index in [9.17, 15) is 19.3 Å². The number of unbranched alkanes of at least 4 members (excludes halogenated alkanes) is 8. The molecule has 0 unspecified atom stereocenters. The van der Waals surface area contributed by atoms with Crippen LogP contribution in [0.5, 0.6) is 0 Å². The quantitative estimate of drug-likeness (QED) is 0.306. The molecule has 0 heterocycles. The van der Waals surface area contributed by atoms with Gasteiger partial charge in [-0.15, -0.1) is 0 Å². The van der Waals surface area contributed by atoms with E-state index in [1.165, 1.54) is 44.6 Å². The Balaban J connectivity index is 2.18. The first kappa shape index (κ1) is 20.1. The molecule has 0 radical (unpaired) electrons. The largest absolute Gasteiger partial charge is 0.326 e. The Morgan fingerprint density at radius 3 is 2.25 bits per heavy atom. The number of hydrogen-bond acceptors (Lipinski definition) is 3. The van der Waals surface area contributed by atoms with Gasteiger partial charge in [0.2, 0.25) is 11.7 Å². The number of anilines is 1. The van der Waals surface area contributed by atoms with Crippen molar-refractivity contribution >= 4 is 17.3 Å². The van der Waals surface area contributed by atoms with Crippen LogP contribution in [-0.4, -0.2) is 10.8 Å². The molecule has 0 spiro atoms. The van der Waals surface area contributed by atoms with Gasteiger partial charge in [-0.2, -0.15) is 4.39 Å². The molecule has 0 aliphatic heterocycles. The summed E-state index contributed by atoms with van der Waals surface area (Å²) in [5, 5.41) is 13.2. The van der Waals surface area contributed by atoms with Crippen molar-refractivity contribution in [2.75, 3.05) is 5.32 Å². The SMILES string of the molecule is CCCCCCCCCCCC(=O)Nc1ccc(F)c([N+](=O)[O-])c1. The molecular weight excluding hydrogens is 311 g/mol. The fraction of sp³-hybridized carbons (Fsp3) is 0.611. The number of benzene rings is 1. The van der Waals surface area contributed by atoms with Crippen molar-refractivity contribution in [2.45, 2.75) is 71.1 Å². The molecule has 1 amide bonds. The fourth-order valence-corrected chi connectivity index (χ4v) is 2.55. The summed E-state index contributed by atoms with van der Waals surface area (Å²) in [4.78, 5) is 21.7. The molecule has 0 aliphatic carbocycles. The number of halogens is 1. The minimum Gasteiger partial charge on any atom is -0.326 e. The highest BCUT2D eigenvalue weighted by Crippen LogP contribution is 2.21. The number of carbonyl (C=O) groups is 1. The summed E-state index contributed by atoms with van der Waals surface area (Å²) in [6, 6.07) is 3.37. The first-order valence-electron chi connectivity index (χ1n) is 8.78. The van der Waals surface area contributed by atoms with Crippen molar-refractivity contribution in [1.29, 1.82) is 0 Å². The van der Waals surface area contributed by atoms with Crippen molar-refractivity contribution in [2.24, 2.45) is 0 Å². The number of nitrogens with zero attached hydrogens (tertiary/aromatic N) is 1. The second kappa shape index (κ2) is 11.5.